The molecule has 0 saturated carbocycles. The molecule has 2 aromatic heterocycles. The number of carbonyl (C=O) groups excluding carboxylic acids is 1. The lowest BCUT2D eigenvalue weighted by atomic mass is 10.2. The molecule has 36 heavy (non-hydrogen) atoms. The van der Waals surface area contributed by atoms with E-state index in [1.54, 1.807) is 24.3 Å². The first-order valence-corrected chi connectivity index (χ1v) is 12.7. The fourth-order valence-electron chi connectivity index (χ4n) is 4.17. The van der Waals surface area contributed by atoms with E-state index < -0.39 is 22.9 Å². The van der Waals surface area contributed by atoms with E-state index in [2.05, 4.69) is 26.0 Å². The third-order valence-electron chi connectivity index (χ3n) is 5.93. The van der Waals surface area contributed by atoms with E-state index in [-0.39, 0.29) is 18.2 Å². The van der Waals surface area contributed by atoms with Gasteiger partial charge in [0.05, 0.1) is 22.8 Å². The lowest BCUT2D eigenvalue weighted by molar-refractivity contribution is -0.380. The highest BCUT2D eigenvalue weighted by molar-refractivity contribution is 9.10. The quantitative estimate of drug-likeness (QED) is 0.284. The summed E-state index contributed by atoms with van der Waals surface area (Å²) in [7, 11) is 0. The van der Waals surface area contributed by atoms with Gasteiger partial charge in [0.25, 0.3) is 5.88 Å². The summed E-state index contributed by atoms with van der Waals surface area (Å²) in [6, 6.07) is 8.05. The zero-order chi connectivity index (χ0) is 25.2. The SMILES string of the molecule is O=C1O[C@H](COc2ccon2)CN1c1ccc(N2CCN(Cc3cc(Br)c([N+](=O)[O-])s3)CC2)c(F)c1. The van der Waals surface area contributed by atoms with Crippen LogP contribution in [0.5, 0.6) is 5.88 Å². The van der Waals surface area contributed by atoms with Crippen LogP contribution in [0, 0.1) is 15.9 Å². The predicted molar refractivity (Wildman–Crippen MR) is 132 cm³/mol. The van der Waals surface area contributed by atoms with E-state index in [1.807, 2.05) is 4.90 Å². The topological polar surface area (TPSA) is 114 Å². The number of amides is 1. The number of rotatable bonds is 8. The van der Waals surface area contributed by atoms with E-state index in [0.717, 1.165) is 16.2 Å². The number of carbonyl (C=O) groups is 1. The minimum atomic E-state index is -0.565. The molecule has 11 nitrogen and oxygen atoms in total. The summed E-state index contributed by atoms with van der Waals surface area (Å²) >= 11 is 4.40. The van der Waals surface area contributed by atoms with E-state index in [9.17, 15) is 14.9 Å². The first kappa shape index (κ1) is 24.5. The third-order valence-corrected chi connectivity index (χ3v) is 7.86. The van der Waals surface area contributed by atoms with Gasteiger partial charge in [-0.15, -0.1) is 0 Å². The van der Waals surface area contributed by atoms with E-state index >= 15 is 4.39 Å². The Bertz CT molecular complexity index is 1250. The van der Waals surface area contributed by atoms with Gasteiger partial charge in [0.1, 0.15) is 23.2 Å². The maximum absolute atomic E-state index is 15.1. The molecule has 1 aromatic carbocycles. The number of hydrogen-bond donors (Lipinski definition) is 0. The molecular formula is C22H21BrFN5O6S. The second-order valence-corrected chi connectivity index (χ2v) is 10.3. The van der Waals surface area contributed by atoms with Crippen LogP contribution in [0.4, 0.5) is 25.6 Å². The highest BCUT2D eigenvalue weighted by atomic mass is 79.9. The Hall–Kier alpha value is -3.23. The van der Waals surface area contributed by atoms with Crippen LogP contribution in [0.25, 0.3) is 0 Å². The highest BCUT2D eigenvalue weighted by Crippen LogP contribution is 2.35. The van der Waals surface area contributed by atoms with Gasteiger partial charge in [0.15, 0.2) is 6.10 Å². The number of halogens is 2. The lowest BCUT2D eigenvalue weighted by Crippen LogP contribution is -2.46. The van der Waals surface area contributed by atoms with Crippen LogP contribution in [0.15, 0.2) is 45.6 Å². The van der Waals surface area contributed by atoms with Crippen LogP contribution >= 0.6 is 27.3 Å². The number of hydrogen-bond acceptors (Lipinski definition) is 10. The standard InChI is InChI=1S/C22H21BrFN5O6S/c23-17-10-16(36-21(17)29(31)32)12-26-4-6-27(7-5-26)19-2-1-14(9-18(19)24)28-11-15(35-22(28)30)13-33-20-3-8-34-25-20/h1-3,8-10,15H,4-7,11-13H2/t15-/m0/s1. The Kier molecular flexibility index (Phi) is 7.07. The number of nitrogens with zero attached hydrogens (tertiary/aromatic N) is 5. The normalized spacial score (nSPS) is 18.5. The lowest BCUT2D eigenvalue weighted by Gasteiger charge is -2.36. The Morgan fingerprint density at radius 1 is 1.25 bits per heavy atom. The number of anilines is 2. The van der Waals surface area contributed by atoms with Gasteiger partial charge in [-0.25, -0.2) is 9.18 Å². The van der Waals surface area contributed by atoms with Crippen molar-refractivity contribution in [3.8, 4) is 5.88 Å². The molecule has 14 heteroatoms. The average Bonchev–Trinajstić information content (AvgIpc) is 3.59. The van der Waals surface area contributed by atoms with Crippen LogP contribution in [0.1, 0.15) is 4.88 Å². The molecule has 0 spiro atoms. The monoisotopic (exact) mass is 581 g/mol. The fraction of sp³-hybridized carbons (Fsp3) is 0.364. The summed E-state index contributed by atoms with van der Waals surface area (Å²) in [5.74, 6) is -0.126. The molecule has 2 aliphatic rings. The number of thiophene rings is 1. The van der Waals surface area contributed by atoms with Gasteiger partial charge in [-0.2, -0.15) is 0 Å². The molecule has 0 unspecified atom stereocenters. The Morgan fingerprint density at radius 3 is 2.72 bits per heavy atom. The number of cyclic esters (lactones) is 1. The van der Waals surface area contributed by atoms with Crippen molar-refractivity contribution in [2.75, 3.05) is 49.1 Å². The number of benzene rings is 1. The molecule has 2 aliphatic heterocycles. The minimum Gasteiger partial charge on any atom is -0.471 e. The maximum atomic E-state index is 15.1. The second kappa shape index (κ2) is 10.4. The molecule has 1 amide bonds. The summed E-state index contributed by atoms with van der Waals surface area (Å²) in [4.78, 5) is 29.4. The first-order chi connectivity index (χ1) is 17.4. The smallest absolute Gasteiger partial charge is 0.414 e. The molecule has 0 aliphatic carbocycles. The largest absolute Gasteiger partial charge is 0.471 e. The predicted octanol–water partition coefficient (Wildman–Crippen LogP) is 4.27. The second-order valence-electron chi connectivity index (χ2n) is 8.29. The number of nitro groups is 1. The Labute approximate surface area is 217 Å². The van der Waals surface area contributed by atoms with Crippen molar-refractivity contribution in [1.29, 1.82) is 0 Å². The van der Waals surface area contributed by atoms with Crippen molar-refractivity contribution < 1.29 is 28.1 Å². The number of piperazine rings is 1. The molecular weight excluding hydrogens is 561 g/mol. The van der Waals surface area contributed by atoms with Gasteiger partial charge in [0.2, 0.25) is 0 Å². The van der Waals surface area contributed by atoms with Crippen LogP contribution < -0.4 is 14.5 Å². The van der Waals surface area contributed by atoms with Crippen molar-refractivity contribution in [3.05, 3.63) is 61.9 Å². The minimum absolute atomic E-state index is 0.0986. The van der Waals surface area contributed by atoms with Gasteiger partial charge in [0, 0.05) is 43.7 Å². The van der Waals surface area contributed by atoms with E-state index in [1.165, 1.54) is 17.2 Å². The zero-order valence-electron chi connectivity index (χ0n) is 18.8. The van der Waals surface area contributed by atoms with Crippen LogP contribution in [-0.2, 0) is 11.3 Å². The van der Waals surface area contributed by atoms with E-state index in [4.69, 9.17) is 14.0 Å². The molecule has 0 N–H and O–H groups in total. The first-order valence-electron chi connectivity index (χ1n) is 11.1. The maximum Gasteiger partial charge on any atom is 0.414 e. The van der Waals surface area contributed by atoms with Crippen molar-refractivity contribution in [2.24, 2.45) is 0 Å². The van der Waals surface area contributed by atoms with Gasteiger partial charge in [-0.3, -0.25) is 19.9 Å². The molecule has 1 atom stereocenters. The Morgan fingerprint density at radius 2 is 2.06 bits per heavy atom. The number of aromatic nitrogens is 1. The van der Waals surface area contributed by atoms with Gasteiger partial charge in [-0.05, 0) is 45.4 Å². The summed E-state index contributed by atoms with van der Waals surface area (Å²) in [5, 5.41) is 14.8. The molecule has 2 fully saturated rings. The summed E-state index contributed by atoms with van der Waals surface area (Å²) in [6.45, 7) is 3.54. The molecule has 0 radical (unpaired) electrons. The molecule has 5 rings (SSSR count). The molecule has 2 saturated heterocycles. The zero-order valence-corrected chi connectivity index (χ0v) is 21.2. The summed E-state index contributed by atoms with van der Waals surface area (Å²) in [6.07, 6.45) is 0.295. The van der Waals surface area contributed by atoms with Gasteiger partial charge >= 0.3 is 11.1 Å². The third kappa shape index (κ3) is 5.29. The van der Waals surface area contributed by atoms with Crippen molar-refractivity contribution in [3.63, 3.8) is 0 Å². The van der Waals surface area contributed by atoms with Crippen molar-refractivity contribution >= 4 is 49.7 Å². The fourth-order valence-corrected chi connectivity index (χ4v) is 5.89. The molecule has 190 valence electrons. The van der Waals surface area contributed by atoms with Crippen LogP contribution in [-0.4, -0.2) is 66.5 Å². The van der Waals surface area contributed by atoms with Crippen molar-refractivity contribution in [1.82, 2.24) is 10.1 Å². The van der Waals surface area contributed by atoms with Gasteiger partial charge in [-0.1, -0.05) is 11.3 Å². The summed E-state index contributed by atoms with van der Waals surface area (Å²) < 4.78 is 31.0. The van der Waals surface area contributed by atoms with Crippen LogP contribution in [0.3, 0.4) is 0 Å². The molecule has 4 heterocycles. The average molecular weight is 582 g/mol. The number of ether oxygens (including phenoxy) is 2. The van der Waals surface area contributed by atoms with Crippen LogP contribution in [0.2, 0.25) is 0 Å². The summed E-state index contributed by atoms with van der Waals surface area (Å²) in [5.41, 5.74) is 0.875. The molecule has 0 bridgehead atoms. The Balaban J connectivity index is 1.16. The molecule has 3 aromatic rings. The highest BCUT2D eigenvalue weighted by Gasteiger charge is 2.33. The van der Waals surface area contributed by atoms with Gasteiger partial charge < -0.3 is 18.9 Å². The van der Waals surface area contributed by atoms with E-state index in [0.29, 0.717) is 54.5 Å². The van der Waals surface area contributed by atoms with Crippen molar-refractivity contribution in [2.45, 2.75) is 12.6 Å².